The van der Waals surface area contributed by atoms with Crippen LogP contribution in [-0.4, -0.2) is 43.7 Å². The highest BCUT2D eigenvalue weighted by atomic mass is 16.5. The minimum Gasteiger partial charge on any atom is -0.490 e. The molecule has 0 atom stereocenters. The van der Waals surface area contributed by atoms with E-state index in [-0.39, 0.29) is 0 Å². The largest absolute Gasteiger partial charge is 0.490 e. The van der Waals surface area contributed by atoms with E-state index in [0.717, 1.165) is 56.4 Å². The quantitative estimate of drug-likeness (QED) is 0.673. The highest BCUT2D eigenvalue weighted by Gasteiger charge is 2.24. The summed E-state index contributed by atoms with van der Waals surface area (Å²) >= 11 is 0. The van der Waals surface area contributed by atoms with Gasteiger partial charge in [-0.1, -0.05) is 11.3 Å². The smallest absolute Gasteiger partial charge is 0.129 e. The summed E-state index contributed by atoms with van der Waals surface area (Å²) in [6.45, 7) is 4.10. The van der Waals surface area contributed by atoms with E-state index in [9.17, 15) is 0 Å². The summed E-state index contributed by atoms with van der Waals surface area (Å²) in [6, 6.07) is 8.68. The van der Waals surface area contributed by atoms with Crippen molar-refractivity contribution in [1.82, 2.24) is 24.5 Å². The second-order valence-electron chi connectivity index (χ2n) is 8.08. The van der Waals surface area contributed by atoms with Crippen molar-refractivity contribution in [2.24, 2.45) is 13.0 Å². The van der Waals surface area contributed by atoms with Crippen LogP contribution in [0.1, 0.15) is 31.4 Å². The first-order valence-electron chi connectivity index (χ1n) is 10.1. The molecular formula is C21H27N5O. The summed E-state index contributed by atoms with van der Waals surface area (Å²) in [5.74, 6) is 1.92. The van der Waals surface area contributed by atoms with Crippen LogP contribution in [0.2, 0.25) is 0 Å². The Morgan fingerprint density at radius 3 is 2.70 bits per heavy atom. The Balaban J connectivity index is 1.22. The molecule has 2 aromatic heterocycles. The van der Waals surface area contributed by atoms with Crippen molar-refractivity contribution in [2.75, 3.05) is 13.1 Å². The molecule has 0 amide bonds. The molecule has 2 fully saturated rings. The molecule has 0 spiro atoms. The lowest BCUT2D eigenvalue weighted by atomic mass is 10.1. The minimum absolute atomic E-state index is 0.292. The van der Waals surface area contributed by atoms with Gasteiger partial charge in [-0.2, -0.15) is 0 Å². The maximum Gasteiger partial charge on any atom is 0.129 e. The zero-order valence-corrected chi connectivity index (χ0v) is 15.9. The van der Waals surface area contributed by atoms with Crippen LogP contribution in [0.4, 0.5) is 0 Å². The van der Waals surface area contributed by atoms with Gasteiger partial charge < -0.3 is 9.30 Å². The third-order valence-corrected chi connectivity index (χ3v) is 5.79. The SMILES string of the molecule is Cn1cc(CN2CCC(Oc3cccc4c3ccn4CC3CC3)CC2)nn1. The van der Waals surface area contributed by atoms with E-state index in [0.29, 0.717) is 6.10 Å². The number of hydrogen-bond donors (Lipinski definition) is 0. The van der Waals surface area contributed by atoms with Gasteiger partial charge in [0, 0.05) is 51.0 Å². The highest BCUT2D eigenvalue weighted by Crippen LogP contribution is 2.34. The van der Waals surface area contributed by atoms with Crippen LogP contribution in [-0.2, 0) is 20.1 Å². The van der Waals surface area contributed by atoms with Crippen LogP contribution in [0.15, 0.2) is 36.7 Å². The summed E-state index contributed by atoms with van der Waals surface area (Å²) in [4.78, 5) is 2.44. The van der Waals surface area contributed by atoms with Crippen LogP contribution >= 0.6 is 0 Å². The lowest BCUT2D eigenvalue weighted by Crippen LogP contribution is -2.37. The number of nitrogens with zero attached hydrogens (tertiary/aromatic N) is 5. The van der Waals surface area contributed by atoms with E-state index in [1.165, 1.54) is 23.7 Å². The summed E-state index contributed by atoms with van der Waals surface area (Å²) in [5.41, 5.74) is 2.35. The van der Waals surface area contributed by atoms with E-state index in [4.69, 9.17) is 4.74 Å². The Hall–Kier alpha value is -2.34. The second kappa shape index (κ2) is 7.00. The average molecular weight is 365 g/mol. The molecule has 27 heavy (non-hydrogen) atoms. The number of piperidine rings is 1. The summed E-state index contributed by atoms with van der Waals surface area (Å²) in [6.07, 6.45) is 9.38. The van der Waals surface area contributed by atoms with E-state index in [1.54, 1.807) is 4.68 Å². The lowest BCUT2D eigenvalue weighted by Gasteiger charge is -2.31. The van der Waals surface area contributed by atoms with E-state index in [1.807, 2.05) is 13.2 Å². The molecule has 1 aromatic carbocycles. The Kier molecular flexibility index (Phi) is 4.36. The normalized spacial score (nSPS) is 19.0. The summed E-state index contributed by atoms with van der Waals surface area (Å²) in [7, 11) is 1.91. The van der Waals surface area contributed by atoms with Gasteiger partial charge in [-0.3, -0.25) is 9.58 Å². The number of fused-ring (bicyclic) bond motifs is 1. The number of rotatable bonds is 6. The van der Waals surface area contributed by atoms with Crippen molar-refractivity contribution < 1.29 is 4.74 Å². The molecule has 1 saturated heterocycles. The molecule has 3 heterocycles. The maximum atomic E-state index is 6.43. The Morgan fingerprint density at radius 2 is 1.96 bits per heavy atom. The fraction of sp³-hybridized carbons (Fsp3) is 0.524. The third kappa shape index (κ3) is 3.72. The number of aromatic nitrogens is 4. The van der Waals surface area contributed by atoms with Crippen LogP contribution in [0.3, 0.4) is 0 Å². The monoisotopic (exact) mass is 365 g/mol. The average Bonchev–Trinajstić information content (AvgIpc) is 3.26. The molecule has 1 saturated carbocycles. The van der Waals surface area contributed by atoms with Gasteiger partial charge in [0.05, 0.1) is 11.2 Å². The van der Waals surface area contributed by atoms with Crippen molar-refractivity contribution >= 4 is 10.9 Å². The number of ether oxygens (including phenoxy) is 1. The first-order chi connectivity index (χ1) is 13.2. The molecule has 3 aromatic rings. The number of hydrogen-bond acceptors (Lipinski definition) is 4. The van der Waals surface area contributed by atoms with Gasteiger partial charge in [0.15, 0.2) is 0 Å². The molecule has 0 unspecified atom stereocenters. The molecule has 5 rings (SSSR count). The topological polar surface area (TPSA) is 48.1 Å². The Morgan fingerprint density at radius 1 is 1.11 bits per heavy atom. The fourth-order valence-electron chi connectivity index (χ4n) is 4.10. The molecule has 2 aliphatic rings. The van der Waals surface area contributed by atoms with Gasteiger partial charge in [0.2, 0.25) is 0 Å². The van der Waals surface area contributed by atoms with Gasteiger partial charge in [0.1, 0.15) is 11.9 Å². The maximum absolute atomic E-state index is 6.43. The van der Waals surface area contributed by atoms with Crippen LogP contribution in [0.25, 0.3) is 10.9 Å². The standard InChI is InChI=1S/C21H27N5O/c1-24-14-17(22-23-24)15-25-10-7-18(8-11-25)27-21-4-2-3-20-19(21)9-12-26(20)13-16-5-6-16/h2-4,9,12,14,16,18H,5-8,10-11,13,15H2,1H3. The van der Waals surface area contributed by atoms with Crippen LogP contribution in [0, 0.1) is 5.92 Å². The number of likely N-dealkylation sites (tertiary alicyclic amines) is 1. The van der Waals surface area contributed by atoms with E-state index >= 15 is 0 Å². The first-order valence-corrected chi connectivity index (χ1v) is 10.1. The van der Waals surface area contributed by atoms with Crippen molar-refractivity contribution in [3.8, 4) is 5.75 Å². The number of aryl methyl sites for hydroxylation is 1. The molecule has 1 aliphatic heterocycles. The first kappa shape index (κ1) is 16.8. The summed E-state index contributed by atoms with van der Waals surface area (Å²) < 4.78 is 10.6. The highest BCUT2D eigenvalue weighted by molar-refractivity contribution is 5.86. The Bertz CT molecular complexity index is 918. The minimum atomic E-state index is 0.292. The van der Waals surface area contributed by atoms with E-state index < -0.39 is 0 Å². The molecule has 0 radical (unpaired) electrons. The lowest BCUT2D eigenvalue weighted by molar-refractivity contribution is 0.0973. The van der Waals surface area contributed by atoms with Crippen LogP contribution < -0.4 is 4.74 Å². The Labute approximate surface area is 159 Å². The predicted molar refractivity (Wildman–Crippen MR) is 105 cm³/mol. The van der Waals surface area contributed by atoms with Crippen LogP contribution in [0.5, 0.6) is 5.75 Å². The van der Waals surface area contributed by atoms with E-state index in [2.05, 4.69) is 50.2 Å². The van der Waals surface area contributed by atoms with Crippen molar-refractivity contribution in [3.63, 3.8) is 0 Å². The van der Waals surface area contributed by atoms with Crippen molar-refractivity contribution in [1.29, 1.82) is 0 Å². The predicted octanol–water partition coefficient (Wildman–Crippen LogP) is 3.22. The second-order valence-corrected chi connectivity index (χ2v) is 8.08. The molecule has 142 valence electrons. The molecule has 6 heteroatoms. The van der Waals surface area contributed by atoms with Gasteiger partial charge in [-0.25, -0.2) is 0 Å². The molecular weight excluding hydrogens is 338 g/mol. The van der Waals surface area contributed by atoms with Gasteiger partial charge in [-0.15, -0.1) is 5.10 Å². The van der Waals surface area contributed by atoms with Gasteiger partial charge >= 0.3 is 0 Å². The molecule has 0 N–H and O–H groups in total. The van der Waals surface area contributed by atoms with Gasteiger partial charge in [-0.05, 0) is 49.8 Å². The molecule has 1 aliphatic carbocycles. The third-order valence-electron chi connectivity index (χ3n) is 5.79. The summed E-state index contributed by atoms with van der Waals surface area (Å²) in [5, 5.41) is 9.46. The molecule has 0 bridgehead atoms. The van der Waals surface area contributed by atoms with Crippen molar-refractivity contribution in [2.45, 2.75) is 44.9 Å². The number of benzene rings is 1. The van der Waals surface area contributed by atoms with Gasteiger partial charge in [0.25, 0.3) is 0 Å². The zero-order chi connectivity index (χ0) is 18.2. The zero-order valence-electron chi connectivity index (χ0n) is 15.9. The molecule has 6 nitrogen and oxygen atoms in total. The van der Waals surface area contributed by atoms with Crippen molar-refractivity contribution in [3.05, 3.63) is 42.4 Å². The fourth-order valence-corrected chi connectivity index (χ4v) is 4.10.